The standard InChI is InChI=1S/C13H13N/c14-13(11-7-3-1-4-8-11)12-9-5-2-6-10-12/h1-10H,14H3. The molecule has 0 heterocycles. The molecule has 0 radical (unpaired) electrons. The molecule has 3 N–H and O–H groups in total. The van der Waals surface area contributed by atoms with Crippen LogP contribution in [0.1, 0.15) is 11.1 Å². The maximum atomic E-state index is 4.10. The molecule has 0 amide bonds. The van der Waals surface area contributed by atoms with E-state index in [4.69, 9.17) is 0 Å². The average molecular weight is 183 g/mol. The Labute approximate surface area is 84.2 Å². The second-order valence-corrected chi connectivity index (χ2v) is 3.21. The highest BCUT2D eigenvalue weighted by molar-refractivity contribution is 5.39. The summed E-state index contributed by atoms with van der Waals surface area (Å²) in [5.41, 5.74) is 6.45. The summed E-state index contributed by atoms with van der Waals surface area (Å²) >= 11 is 0. The van der Waals surface area contributed by atoms with Crippen molar-refractivity contribution in [3.63, 3.8) is 0 Å². The zero-order valence-corrected chi connectivity index (χ0v) is 7.98. The third kappa shape index (κ3) is 1.78. The lowest BCUT2D eigenvalue weighted by molar-refractivity contribution is -0.333. The fraction of sp³-hybridized carbons (Fsp3) is 0. The summed E-state index contributed by atoms with van der Waals surface area (Å²) in [5, 5.41) is 0. The van der Waals surface area contributed by atoms with E-state index >= 15 is 0 Å². The number of quaternary nitrogens is 1. The van der Waals surface area contributed by atoms with Crippen LogP contribution in [0.25, 0.3) is 0 Å². The number of hydrogen-bond acceptors (Lipinski definition) is 0. The molecule has 0 aromatic heterocycles. The van der Waals surface area contributed by atoms with Gasteiger partial charge in [-0.05, 0) is 0 Å². The van der Waals surface area contributed by atoms with Crippen molar-refractivity contribution in [3.8, 4) is 0 Å². The van der Waals surface area contributed by atoms with Gasteiger partial charge in [0.1, 0.15) is 0 Å². The molecule has 2 rings (SSSR count). The molecule has 0 fully saturated rings. The van der Waals surface area contributed by atoms with E-state index in [2.05, 4.69) is 30.0 Å². The predicted octanol–water partition coefficient (Wildman–Crippen LogP) is 1.86. The van der Waals surface area contributed by atoms with Crippen LogP contribution in [0.2, 0.25) is 0 Å². The van der Waals surface area contributed by atoms with E-state index in [-0.39, 0.29) is 0 Å². The molecule has 1 nitrogen and oxygen atoms in total. The van der Waals surface area contributed by atoms with Crippen LogP contribution in [0.15, 0.2) is 60.7 Å². The second-order valence-electron chi connectivity index (χ2n) is 3.21. The maximum absolute atomic E-state index is 4.10. The van der Waals surface area contributed by atoms with E-state index in [1.807, 2.05) is 36.4 Å². The van der Waals surface area contributed by atoms with E-state index in [1.54, 1.807) is 0 Å². The van der Waals surface area contributed by atoms with Crippen LogP contribution < -0.4 is 5.73 Å². The van der Waals surface area contributed by atoms with Crippen molar-refractivity contribution in [2.24, 2.45) is 0 Å². The first-order valence-corrected chi connectivity index (χ1v) is 4.67. The van der Waals surface area contributed by atoms with Crippen molar-refractivity contribution in [3.05, 3.63) is 77.8 Å². The molecular formula is C13H13N. The summed E-state index contributed by atoms with van der Waals surface area (Å²) in [6.07, 6.45) is 0. The first-order chi connectivity index (χ1) is 6.88. The van der Waals surface area contributed by atoms with E-state index < -0.39 is 0 Å². The molecule has 0 aliphatic carbocycles. The summed E-state index contributed by atoms with van der Waals surface area (Å²) in [6.45, 7) is 0. The lowest BCUT2D eigenvalue weighted by Crippen LogP contribution is -2.54. The van der Waals surface area contributed by atoms with Gasteiger partial charge < -0.3 is 5.73 Å². The quantitative estimate of drug-likeness (QED) is 0.688. The molecule has 2 aromatic carbocycles. The molecule has 14 heavy (non-hydrogen) atoms. The van der Waals surface area contributed by atoms with Gasteiger partial charge in [0.05, 0.1) is 6.04 Å². The fourth-order valence-corrected chi connectivity index (χ4v) is 1.45. The highest BCUT2D eigenvalue weighted by Crippen LogP contribution is 2.15. The van der Waals surface area contributed by atoms with Crippen LogP contribution in [-0.2, 0) is 0 Å². The third-order valence-corrected chi connectivity index (χ3v) is 2.24. The Kier molecular flexibility index (Phi) is 2.52. The van der Waals surface area contributed by atoms with E-state index in [0.29, 0.717) is 0 Å². The summed E-state index contributed by atoms with van der Waals surface area (Å²) < 4.78 is 0. The Morgan fingerprint density at radius 2 is 1.00 bits per heavy atom. The first kappa shape index (κ1) is 8.85. The fourth-order valence-electron chi connectivity index (χ4n) is 1.45. The van der Waals surface area contributed by atoms with E-state index in [9.17, 15) is 0 Å². The van der Waals surface area contributed by atoms with Gasteiger partial charge in [-0.2, -0.15) is 0 Å². The molecule has 0 aliphatic heterocycles. The topological polar surface area (TPSA) is 27.6 Å². The summed E-state index contributed by atoms with van der Waals surface area (Å²) in [4.78, 5) is 0. The molecule has 70 valence electrons. The van der Waals surface area contributed by atoms with Crippen molar-refractivity contribution in [2.45, 2.75) is 0 Å². The van der Waals surface area contributed by atoms with Crippen LogP contribution in [0, 0.1) is 6.04 Å². The molecule has 0 saturated heterocycles. The normalized spacial score (nSPS) is 9.79. The van der Waals surface area contributed by atoms with Crippen molar-refractivity contribution in [2.75, 3.05) is 0 Å². The summed E-state index contributed by atoms with van der Waals surface area (Å²) in [5.74, 6) is 0. The molecular weight excluding hydrogens is 170 g/mol. The van der Waals surface area contributed by atoms with Gasteiger partial charge in [0.25, 0.3) is 0 Å². The van der Waals surface area contributed by atoms with Gasteiger partial charge in [0.2, 0.25) is 0 Å². The monoisotopic (exact) mass is 183 g/mol. The first-order valence-electron chi connectivity index (χ1n) is 4.67. The molecule has 0 bridgehead atoms. The van der Waals surface area contributed by atoms with Gasteiger partial charge in [-0.15, -0.1) is 24.3 Å². The van der Waals surface area contributed by atoms with Crippen LogP contribution >= 0.6 is 0 Å². The Morgan fingerprint density at radius 1 is 0.643 bits per heavy atom. The van der Waals surface area contributed by atoms with Crippen molar-refractivity contribution >= 4 is 0 Å². The van der Waals surface area contributed by atoms with E-state index in [0.717, 1.165) is 6.04 Å². The Bertz CT molecular complexity index is 341. The number of rotatable bonds is 2. The van der Waals surface area contributed by atoms with Crippen LogP contribution in [0.4, 0.5) is 0 Å². The van der Waals surface area contributed by atoms with Crippen LogP contribution in [0.3, 0.4) is 0 Å². The minimum absolute atomic E-state index is 1.08. The molecule has 0 saturated carbocycles. The zero-order chi connectivity index (χ0) is 9.80. The van der Waals surface area contributed by atoms with Gasteiger partial charge in [-0.25, -0.2) is 0 Å². The SMILES string of the molecule is [NH3+][C-](c1ccccc1)c1ccccc1. The summed E-state index contributed by atoms with van der Waals surface area (Å²) in [6, 6.07) is 21.5. The number of hydrogen-bond donors (Lipinski definition) is 1. The Balaban J connectivity index is 2.30. The number of benzene rings is 2. The van der Waals surface area contributed by atoms with Crippen molar-refractivity contribution in [1.29, 1.82) is 0 Å². The van der Waals surface area contributed by atoms with Gasteiger partial charge in [-0.3, -0.25) is 0 Å². The lowest BCUT2D eigenvalue weighted by Gasteiger charge is -2.14. The van der Waals surface area contributed by atoms with Crippen LogP contribution in [0.5, 0.6) is 0 Å². The Morgan fingerprint density at radius 3 is 1.36 bits per heavy atom. The van der Waals surface area contributed by atoms with E-state index in [1.165, 1.54) is 11.1 Å². The maximum Gasteiger partial charge on any atom is 0.0646 e. The lowest BCUT2D eigenvalue weighted by atomic mass is 10.00. The van der Waals surface area contributed by atoms with Crippen molar-refractivity contribution < 1.29 is 5.73 Å². The largest absolute Gasteiger partial charge is 0.355 e. The predicted molar refractivity (Wildman–Crippen MR) is 57.2 cm³/mol. The molecule has 1 heteroatoms. The molecule has 0 spiro atoms. The average Bonchev–Trinajstić information content (AvgIpc) is 2.30. The molecule has 0 aliphatic rings. The van der Waals surface area contributed by atoms with Gasteiger partial charge in [-0.1, -0.05) is 47.5 Å². The second kappa shape index (κ2) is 3.99. The zero-order valence-electron chi connectivity index (χ0n) is 7.98. The highest BCUT2D eigenvalue weighted by atomic mass is 14.6. The molecule has 2 aromatic rings. The van der Waals surface area contributed by atoms with Gasteiger partial charge in [0, 0.05) is 0 Å². The van der Waals surface area contributed by atoms with Gasteiger partial charge in [0.15, 0.2) is 0 Å². The van der Waals surface area contributed by atoms with Crippen LogP contribution in [-0.4, -0.2) is 0 Å². The molecule has 0 unspecified atom stereocenters. The summed E-state index contributed by atoms with van der Waals surface area (Å²) in [7, 11) is 0. The van der Waals surface area contributed by atoms with Crippen molar-refractivity contribution in [1.82, 2.24) is 0 Å². The Hall–Kier alpha value is -1.73. The smallest absolute Gasteiger partial charge is 0.0646 e. The highest BCUT2D eigenvalue weighted by Gasteiger charge is 2.03. The third-order valence-electron chi connectivity index (χ3n) is 2.24. The minimum atomic E-state index is 1.08. The minimum Gasteiger partial charge on any atom is -0.355 e. The molecule has 0 atom stereocenters. The van der Waals surface area contributed by atoms with Gasteiger partial charge >= 0.3 is 0 Å².